The summed E-state index contributed by atoms with van der Waals surface area (Å²) in [6.45, 7) is 6.13. The van der Waals surface area contributed by atoms with Gasteiger partial charge in [0.15, 0.2) is 5.69 Å². The number of nitrogens with one attached hydrogen (secondary N) is 2. The highest BCUT2D eigenvalue weighted by Gasteiger charge is 2.27. The molecule has 28 heavy (non-hydrogen) atoms. The van der Waals surface area contributed by atoms with Gasteiger partial charge in [0.1, 0.15) is 5.82 Å². The number of anilines is 2. The van der Waals surface area contributed by atoms with Crippen LogP contribution in [-0.4, -0.2) is 45.8 Å². The van der Waals surface area contributed by atoms with Crippen LogP contribution in [0, 0.1) is 5.92 Å². The SMILES string of the molecule is CC(C)N1CCC(C(=O)Nc2cccnc2C(=O)Nc2ccc(Cl)cn2)CC1. The Morgan fingerprint density at radius 1 is 1.14 bits per heavy atom. The molecule has 0 saturated carbocycles. The fourth-order valence-corrected chi connectivity index (χ4v) is 3.34. The Labute approximate surface area is 169 Å². The predicted molar refractivity (Wildman–Crippen MR) is 109 cm³/mol. The number of piperidine rings is 1. The minimum absolute atomic E-state index is 0.0657. The third kappa shape index (κ3) is 5.05. The third-order valence-corrected chi connectivity index (χ3v) is 5.10. The zero-order valence-corrected chi connectivity index (χ0v) is 16.7. The Kier molecular flexibility index (Phi) is 6.59. The molecule has 0 unspecified atom stereocenters. The fraction of sp³-hybridized carbons (Fsp3) is 0.400. The van der Waals surface area contributed by atoms with Crippen molar-refractivity contribution in [2.75, 3.05) is 23.7 Å². The summed E-state index contributed by atoms with van der Waals surface area (Å²) in [5, 5.41) is 6.02. The number of aromatic nitrogens is 2. The molecule has 8 heteroatoms. The van der Waals surface area contributed by atoms with Crippen LogP contribution in [-0.2, 0) is 4.79 Å². The van der Waals surface area contributed by atoms with Crippen LogP contribution in [0.5, 0.6) is 0 Å². The normalized spacial score (nSPS) is 15.4. The van der Waals surface area contributed by atoms with Gasteiger partial charge in [-0.15, -0.1) is 0 Å². The van der Waals surface area contributed by atoms with Crippen molar-refractivity contribution in [3.63, 3.8) is 0 Å². The molecule has 2 amide bonds. The Morgan fingerprint density at radius 3 is 2.54 bits per heavy atom. The number of amides is 2. The summed E-state index contributed by atoms with van der Waals surface area (Å²) in [7, 11) is 0. The molecule has 3 rings (SSSR count). The summed E-state index contributed by atoms with van der Waals surface area (Å²) in [6.07, 6.45) is 4.57. The number of likely N-dealkylation sites (tertiary alicyclic amines) is 1. The first-order chi connectivity index (χ1) is 13.4. The lowest BCUT2D eigenvalue weighted by Crippen LogP contribution is -2.41. The first kappa shape index (κ1) is 20.2. The van der Waals surface area contributed by atoms with Crippen LogP contribution in [0.2, 0.25) is 5.02 Å². The number of carbonyl (C=O) groups excluding carboxylic acids is 2. The largest absolute Gasteiger partial charge is 0.324 e. The van der Waals surface area contributed by atoms with Gasteiger partial charge in [0.2, 0.25) is 5.91 Å². The van der Waals surface area contributed by atoms with Crippen molar-refractivity contribution < 1.29 is 9.59 Å². The van der Waals surface area contributed by atoms with Crippen molar-refractivity contribution >= 4 is 34.9 Å². The second kappa shape index (κ2) is 9.12. The number of hydrogen-bond donors (Lipinski definition) is 2. The topological polar surface area (TPSA) is 87.2 Å². The Bertz CT molecular complexity index is 833. The lowest BCUT2D eigenvalue weighted by molar-refractivity contribution is -0.121. The van der Waals surface area contributed by atoms with E-state index in [4.69, 9.17) is 11.6 Å². The van der Waals surface area contributed by atoms with Gasteiger partial charge in [-0.05, 0) is 64.0 Å². The van der Waals surface area contributed by atoms with Gasteiger partial charge in [0.05, 0.1) is 10.7 Å². The second-order valence-corrected chi connectivity index (χ2v) is 7.55. The predicted octanol–water partition coefficient (Wildman–Crippen LogP) is 3.44. The van der Waals surface area contributed by atoms with Gasteiger partial charge in [0, 0.05) is 24.4 Å². The smallest absolute Gasteiger partial charge is 0.277 e. The van der Waals surface area contributed by atoms with Crippen molar-refractivity contribution in [2.45, 2.75) is 32.7 Å². The Balaban J connectivity index is 1.66. The van der Waals surface area contributed by atoms with Gasteiger partial charge >= 0.3 is 0 Å². The summed E-state index contributed by atoms with van der Waals surface area (Å²) in [5.74, 6) is -0.224. The molecule has 0 bridgehead atoms. The quantitative estimate of drug-likeness (QED) is 0.801. The van der Waals surface area contributed by atoms with E-state index < -0.39 is 5.91 Å². The maximum absolute atomic E-state index is 12.7. The van der Waals surface area contributed by atoms with E-state index in [0.29, 0.717) is 22.6 Å². The van der Waals surface area contributed by atoms with Crippen LogP contribution in [0.3, 0.4) is 0 Å². The molecule has 1 aliphatic rings. The van der Waals surface area contributed by atoms with E-state index in [1.54, 1.807) is 24.3 Å². The molecule has 3 heterocycles. The van der Waals surface area contributed by atoms with Gasteiger partial charge in [-0.2, -0.15) is 0 Å². The summed E-state index contributed by atoms with van der Waals surface area (Å²) >= 11 is 5.81. The van der Waals surface area contributed by atoms with E-state index in [-0.39, 0.29) is 17.5 Å². The average molecular weight is 402 g/mol. The second-order valence-electron chi connectivity index (χ2n) is 7.11. The van der Waals surface area contributed by atoms with E-state index in [2.05, 4.69) is 39.3 Å². The highest BCUT2D eigenvalue weighted by molar-refractivity contribution is 6.30. The lowest BCUT2D eigenvalue weighted by atomic mass is 9.95. The fourth-order valence-electron chi connectivity index (χ4n) is 3.23. The number of pyridine rings is 2. The molecule has 148 valence electrons. The van der Waals surface area contributed by atoms with Gasteiger partial charge in [0.25, 0.3) is 5.91 Å². The molecular weight excluding hydrogens is 378 g/mol. The molecule has 0 radical (unpaired) electrons. The molecule has 1 fully saturated rings. The molecule has 7 nitrogen and oxygen atoms in total. The van der Waals surface area contributed by atoms with Crippen LogP contribution < -0.4 is 10.6 Å². The van der Waals surface area contributed by atoms with E-state index in [9.17, 15) is 9.59 Å². The summed E-state index contributed by atoms with van der Waals surface area (Å²) in [6, 6.07) is 7.09. The molecular formula is C20H24ClN5O2. The zero-order chi connectivity index (χ0) is 20.1. The number of nitrogens with zero attached hydrogens (tertiary/aromatic N) is 3. The van der Waals surface area contributed by atoms with Gasteiger partial charge in [-0.1, -0.05) is 11.6 Å². The first-order valence-electron chi connectivity index (χ1n) is 9.37. The third-order valence-electron chi connectivity index (χ3n) is 4.88. The maximum atomic E-state index is 12.7. The average Bonchev–Trinajstić information content (AvgIpc) is 2.70. The number of rotatable bonds is 5. The highest BCUT2D eigenvalue weighted by atomic mass is 35.5. The van der Waals surface area contributed by atoms with Crippen LogP contribution in [0.25, 0.3) is 0 Å². The number of carbonyl (C=O) groups is 2. The standard InChI is InChI=1S/C20H24ClN5O2/c1-13(2)26-10-7-14(8-11-26)19(27)24-16-4-3-9-22-18(16)20(28)25-17-6-5-15(21)12-23-17/h3-6,9,12-14H,7-8,10-11H2,1-2H3,(H,24,27)(H,23,25,28). The van der Waals surface area contributed by atoms with Gasteiger partial charge in [-0.25, -0.2) is 9.97 Å². The summed E-state index contributed by atoms with van der Waals surface area (Å²) in [5.41, 5.74) is 0.539. The van der Waals surface area contributed by atoms with Gasteiger partial charge < -0.3 is 15.5 Å². The van der Waals surface area contributed by atoms with Crippen LogP contribution in [0.15, 0.2) is 36.7 Å². The Hall–Kier alpha value is -2.51. The van der Waals surface area contributed by atoms with E-state index in [0.717, 1.165) is 25.9 Å². The van der Waals surface area contributed by atoms with Crippen LogP contribution >= 0.6 is 11.6 Å². The minimum atomic E-state index is -0.444. The van der Waals surface area contributed by atoms with E-state index in [1.165, 1.54) is 12.4 Å². The van der Waals surface area contributed by atoms with Crippen LogP contribution in [0.1, 0.15) is 37.2 Å². The van der Waals surface area contributed by atoms with E-state index >= 15 is 0 Å². The number of hydrogen-bond acceptors (Lipinski definition) is 5. The van der Waals surface area contributed by atoms with Crippen molar-refractivity contribution in [1.82, 2.24) is 14.9 Å². The molecule has 1 aliphatic heterocycles. The maximum Gasteiger partial charge on any atom is 0.277 e. The molecule has 2 aromatic rings. The van der Waals surface area contributed by atoms with E-state index in [1.807, 2.05) is 0 Å². The molecule has 0 aliphatic carbocycles. The van der Waals surface area contributed by atoms with Crippen molar-refractivity contribution in [2.24, 2.45) is 5.92 Å². The summed E-state index contributed by atoms with van der Waals surface area (Å²) in [4.78, 5) is 35.8. The van der Waals surface area contributed by atoms with Crippen LogP contribution in [0.4, 0.5) is 11.5 Å². The molecule has 1 saturated heterocycles. The molecule has 0 spiro atoms. The molecule has 0 aromatic carbocycles. The monoisotopic (exact) mass is 401 g/mol. The first-order valence-corrected chi connectivity index (χ1v) is 9.74. The van der Waals surface area contributed by atoms with Gasteiger partial charge in [-0.3, -0.25) is 9.59 Å². The molecule has 2 N–H and O–H groups in total. The molecule has 2 aromatic heterocycles. The van der Waals surface area contributed by atoms with Crippen molar-refractivity contribution in [1.29, 1.82) is 0 Å². The highest BCUT2D eigenvalue weighted by Crippen LogP contribution is 2.22. The molecule has 0 atom stereocenters. The van der Waals surface area contributed by atoms with Crippen molar-refractivity contribution in [3.05, 3.63) is 47.4 Å². The summed E-state index contributed by atoms with van der Waals surface area (Å²) < 4.78 is 0. The minimum Gasteiger partial charge on any atom is -0.324 e. The lowest BCUT2D eigenvalue weighted by Gasteiger charge is -2.34. The Morgan fingerprint density at radius 2 is 1.89 bits per heavy atom. The zero-order valence-electron chi connectivity index (χ0n) is 16.0. The van der Waals surface area contributed by atoms with Crippen molar-refractivity contribution in [3.8, 4) is 0 Å². The number of halogens is 1.